The number of para-hydroxylation sites is 2. The van der Waals surface area contributed by atoms with Gasteiger partial charge in [0.15, 0.2) is 0 Å². The molecule has 2 rings (SSSR count). The van der Waals surface area contributed by atoms with Gasteiger partial charge >= 0.3 is 5.97 Å². The average Bonchev–Trinajstić information content (AvgIpc) is 2.59. The molecule has 0 saturated heterocycles. The first-order valence-electron chi connectivity index (χ1n) is 7.38. The fourth-order valence-electron chi connectivity index (χ4n) is 2.32. The van der Waals surface area contributed by atoms with Crippen LogP contribution in [0.4, 0.5) is 5.69 Å². The molecular weight excluding hydrogens is 336 g/mol. The van der Waals surface area contributed by atoms with E-state index in [4.69, 9.17) is 4.74 Å². The Hall–Kier alpha value is -2.13. The number of ether oxygens (including phenoxy) is 2. The van der Waals surface area contributed by atoms with Gasteiger partial charge in [-0.25, -0.2) is 13.2 Å². The molecule has 0 aliphatic carbocycles. The summed E-state index contributed by atoms with van der Waals surface area (Å²) < 4.78 is 34.9. The van der Waals surface area contributed by atoms with Crippen LogP contribution in [0.25, 0.3) is 0 Å². The molecule has 1 amide bonds. The third-order valence-electron chi connectivity index (χ3n) is 3.74. The second kappa shape index (κ2) is 7.18. The molecule has 1 aromatic rings. The number of likely N-dealkylation sites (N-methyl/N-ethyl adjacent to an activating group) is 1. The quantitative estimate of drug-likeness (QED) is 0.702. The SMILES string of the molecule is CCS(=O)(=O)N(C)CC(=O)N1C[C@H](C(=O)OC)Oc2ccccc21. The van der Waals surface area contributed by atoms with Crippen molar-refractivity contribution in [1.82, 2.24) is 4.31 Å². The highest BCUT2D eigenvalue weighted by molar-refractivity contribution is 7.89. The van der Waals surface area contributed by atoms with E-state index >= 15 is 0 Å². The van der Waals surface area contributed by atoms with Crippen LogP contribution in [0.1, 0.15) is 6.92 Å². The van der Waals surface area contributed by atoms with Gasteiger partial charge in [0.25, 0.3) is 0 Å². The van der Waals surface area contributed by atoms with Crippen LogP contribution in [0.3, 0.4) is 0 Å². The van der Waals surface area contributed by atoms with E-state index in [1.165, 1.54) is 26.0 Å². The van der Waals surface area contributed by atoms with Crippen LogP contribution in [-0.4, -0.2) is 63.7 Å². The van der Waals surface area contributed by atoms with Gasteiger partial charge in [0.1, 0.15) is 5.75 Å². The number of carbonyl (C=O) groups excluding carboxylic acids is 2. The van der Waals surface area contributed by atoms with E-state index in [9.17, 15) is 18.0 Å². The van der Waals surface area contributed by atoms with Gasteiger partial charge < -0.3 is 14.4 Å². The van der Waals surface area contributed by atoms with Crippen molar-refractivity contribution >= 4 is 27.6 Å². The molecule has 0 radical (unpaired) electrons. The zero-order valence-corrected chi connectivity index (χ0v) is 14.6. The largest absolute Gasteiger partial charge is 0.475 e. The molecule has 0 aromatic heterocycles. The summed E-state index contributed by atoms with van der Waals surface area (Å²) in [5, 5.41) is 0. The summed E-state index contributed by atoms with van der Waals surface area (Å²) in [5.41, 5.74) is 0.491. The molecule has 0 N–H and O–H groups in total. The molecule has 0 saturated carbocycles. The lowest BCUT2D eigenvalue weighted by atomic mass is 10.2. The van der Waals surface area contributed by atoms with Crippen LogP contribution in [-0.2, 0) is 24.3 Å². The Kier molecular flexibility index (Phi) is 5.45. The number of anilines is 1. The van der Waals surface area contributed by atoms with Crippen LogP contribution in [0.15, 0.2) is 24.3 Å². The first kappa shape index (κ1) is 18.2. The summed E-state index contributed by atoms with van der Waals surface area (Å²) in [7, 11) is -0.897. The molecule has 132 valence electrons. The van der Waals surface area contributed by atoms with Crippen LogP contribution in [0.2, 0.25) is 0 Å². The number of hydrogen-bond acceptors (Lipinski definition) is 6. The molecule has 0 spiro atoms. The maximum atomic E-state index is 12.6. The molecule has 0 fully saturated rings. The number of amides is 1. The molecule has 1 aliphatic heterocycles. The summed E-state index contributed by atoms with van der Waals surface area (Å²) in [5.74, 6) is -0.772. The van der Waals surface area contributed by atoms with Crippen molar-refractivity contribution in [2.45, 2.75) is 13.0 Å². The molecular formula is C15H20N2O6S. The molecule has 0 unspecified atom stereocenters. The molecule has 1 aliphatic rings. The highest BCUT2D eigenvalue weighted by Crippen LogP contribution is 2.33. The van der Waals surface area contributed by atoms with E-state index in [1.54, 1.807) is 24.3 Å². The minimum absolute atomic E-state index is 0.0392. The van der Waals surface area contributed by atoms with E-state index in [1.807, 2.05) is 0 Å². The highest BCUT2D eigenvalue weighted by Gasteiger charge is 2.35. The Morgan fingerprint density at radius 1 is 1.38 bits per heavy atom. The fourth-order valence-corrected chi connectivity index (χ4v) is 3.07. The summed E-state index contributed by atoms with van der Waals surface area (Å²) in [6.45, 7) is 1.15. The lowest BCUT2D eigenvalue weighted by Crippen LogP contribution is -2.50. The Balaban J connectivity index is 2.27. The molecule has 1 aromatic carbocycles. The molecule has 9 heteroatoms. The summed E-state index contributed by atoms with van der Waals surface area (Å²) >= 11 is 0. The van der Waals surface area contributed by atoms with Crippen molar-refractivity contribution in [3.63, 3.8) is 0 Å². The number of sulfonamides is 1. The van der Waals surface area contributed by atoms with Crippen molar-refractivity contribution in [2.24, 2.45) is 0 Å². The second-order valence-corrected chi connectivity index (χ2v) is 7.62. The standard InChI is InChI=1S/C15H20N2O6S/c1-4-24(20,21)16(2)10-14(18)17-9-13(15(19)22-3)23-12-8-6-5-7-11(12)17/h5-8,13H,4,9-10H2,1-3H3/t13-/m1/s1. The first-order chi connectivity index (χ1) is 11.3. The van der Waals surface area contributed by atoms with Crippen molar-refractivity contribution in [2.75, 3.05) is 37.9 Å². The van der Waals surface area contributed by atoms with Gasteiger partial charge in [0.2, 0.25) is 22.0 Å². The predicted octanol–water partition coefficient (Wildman–Crippen LogP) is 0.235. The predicted molar refractivity (Wildman–Crippen MR) is 87.3 cm³/mol. The fraction of sp³-hybridized carbons (Fsp3) is 0.467. The number of nitrogens with zero attached hydrogens (tertiary/aromatic N) is 2. The Labute approximate surface area is 141 Å². The van der Waals surface area contributed by atoms with Gasteiger partial charge in [-0.2, -0.15) is 4.31 Å². The summed E-state index contributed by atoms with van der Waals surface area (Å²) in [6, 6.07) is 6.76. The van der Waals surface area contributed by atoms with E-state index in [-0.39, 0.29) is 18.8 Å². The van der Waals surface area contributed by atoms with E-state index in [0.717, 1.165) is 4.31 Å². The highest BCUT2D eigenvalue weighted by atomic mass is 32.2. The van der Waals surface area contributed by atoms with Gasteiger partial charge in [0.05, 0.1) is 31.6 Å². The van der Waals surface area contributed by atoms with Crippen LogP contribution in [0.5, 0.6) is 5.75 Å². The van der Waals surface area contributed by atoms with Gasteiger partial charge in [-0.1, -0.05) is 12.1 Å². The smallest absolute Gasteiger partial charge is 0.348 e. The van der Waals surface area contributed by atoms with Gasteiger partial charge in [-0.15, -0.1) is 0 Å². The van der Waals surface area contributed by atoms with E-state index < -0.39 is 28.0 Å². The molecule has 1 atom stereocenters. The van der Waals surface area contributed by atoms with Crippen molar-refractivity contribution in [1.29, 1.82) is 0 Å². The van der Waals surface area contributed by atoms with E-state index in [0.29, 0.717) is 11.4 Å². The minimum atomic E-state index is -3.48. The minimum Gasteiger partial charge on any atom is -0.475 e. The van der Waals surface area contributed by atoms with Crippen LogP contribution >= 0.6 is 0 Å². The molecule has 24 heavy (non-hydrogen) atoms. The Bertz CT molecular complexity index is 733. The third-order valence-corrected chi connectivity index (χ3v) is 5.54. The van der Waals surface area contributed by atoms with Crippen LogP contribution in [0, 0.1) is 0 Å². The monoisotopic (exact) mass is 356 g/mol. The number of fused-ring (bicyclic) bond motifs is 1. The summed E-state index contributed by atoms with van der Waals surface area (Å²) in [6.07, 6.45) is -0.957. The van der Waals surface area contributed by atoms with Gasteiger partial charge in [-0.3, -0.25) is 4.79 Å². The maximum Gasteiger partial charge on any atom is 0.348 e. The average molecular weight is 356 g/mol. The maximum absolute atomic E-state index is 12.6. The lowest BCUT2D eigenvalue weighted by Gasteiger charge is -2.34. The second-order valence-electron chi connectivity index (χ2n) is 5.26. The number of benzene rings is 1. The number of esters is 1. The van der Waals surface area contributed by atoms with Gasteiger partial charge in [0, 0.05) is 7.05 Å². The normalized spacial score (nSPS) is 17.2. The number of hydrogen-bond donors (Lipinski definition) is 0. The van der Waals surface area contributed by atoms with Crippen molar-refractivity contribution in [3.05, 3.63) is 24.3 Å². The Morgan fingerprint density at radius 3 is 2.67 bits per heavy atom. The zero-order chi connectivity index (χ0) is 17.9. The lowest BCUT2D eigenvalue weighted by molar-refractivity contribution is -0.148. The van der Waals surface area contributed by atoms with Crippen molar-refractivity contribution in [3.8, 4) is 5.75 Å². The Morgan fingerprint density at radius 2 is 2.04 bits per heavy atom. The number of carbonyl (C=O) groups is 2. The molecule has 0 bridgehead atoms. The molecule has 1 heterocycles. The van der Waals surface area contributed by atoms with E-state index in [2.05, 4.69) is 4.74 Å². The van der Waals surface area contributed by atoms with Crippen LogP contribution < -0.4 is 9.64 Å². The summed E-state index contributed by atoms with van der Waals surface area (Å²) in [4.78, 5) is 25.7. The number of methoxy groups -OCH3 is 1. The van der Waals surface area contributed by atoms with Gasteiger partial charge in [-0.05, 0) is 19.1 Å². The zero-order valence-electron chi connectivity index (χ0n) is 13.8. The first-order valence-corrected chi connectivity index (χ1v) is 8.99. The topological polar surface area (TPSA) is 93.2 Å². The third kappa shape index (κ3) is 3.68. The number of rotatable bonds is 5. The van der Waals surface area contributed by atoms with Crippen molar-refractivity contribution < 1.29 is 27.5 Å². The molecule has 8 nitrogen and oxygen atoms in total.